The summed E-state index contributed by atoms with van der Waals surface area (Å²) in [6.07, 6.45) is 3.47. The van der Waals surface area contributed by atoms with Gasteiger partial charge in [-0.15, -0.1) is 6.58 Å². The second kappa shape index (κ2) is 8.27. The molecule has 144 valence electrons. The van der Waals surface area contributed by atoms with Crippen LogP contribution in [-0.2, 0) is 4.79 Å². The van der Waals surface area contributed by atoms with Crippen LogP contribution in [0, 0.1) is 6.92 Å². The monoisotopic (exact) mass is 394 g/mol. The average molecular weight is 394 g/mol. The largest absolute Gasteiger partial charge is 0.493 e. The van der Waals surface area contributed by atoms with Crippen molar-refractivity contribution in [3.63, 3.8) is 0 Å². The summed E-state index contributed by atoms with van der Waals surface area (Å²) in [6, 6.07) is 13.4. The molecular formula is C22H22N2O3S. The first kappa shape index (κ1) is 19.6. The number of carbonyl (C=O) groups is 1. The molecule has 0 unspecified atom stereocenters. The highest BCUT2D eigenvalue weighted by Crippen LogP contribution is 2.33. The predicted octanol–water partition coefficient (Wildman–Crippen LogP) is 4.17. The Balaban J connectivity index is 2.10. The van der Waals surface area contributed by atoms with E-state index in [9.17, 15) is 4.79 Å². The van der Waals surface area contributed by atoms with Crippen LogP contribution in [0.5, 0.6) is 11.5 Å². The summed E-state index contributed by atoms with van der Waals surface area (Å²) in [5.74, 6) is 1.05. The van der Waals surface area contributed by atoms with E-state index < -0.39 is 0 Å². The number of rotatable bonds is 6. The Morgan fingerprint density at radius 2 is 1.75 bits per heavy atom. The van der Waals surface area contributed by atoms with Gasteiger partial charge in [-0.3, -0.25) is 14.6 Å². The van der Waals surface area contributed by atoms with Crippen LogP contribution < -0.4 is 14.4 Å². The highest BCUT2D eigenvalue weighted by Gasteiger charge is 2.38. The fraction of sp³-hybridized carbons (Fsp3) is 0.182. The van der Waals surface area contributed by atoms with E-state index in [1.165, 1.54) is 4.90 Å². The van der Waals surface area contributed by atoms with E-state index in [0.29, 0.717) is 28.9 Å². The number of hydrogen-bond donors (Lipinski definition) is 0. The maximum Gasteiger partial charge on any atom is 0.277 e. The molecule has 2 aromatic rings. The number of carbonyl (C=O) groups excluding carboxylic acids is 1. The zero-order chi connectivity index (χ0) is 20.3. The van der Waals surface area contributed by atoms with Crippen molar-refractivity contribution in [1.82, 2.24) is 4.90 Å². The van der Waals surface area contributed by atoms with Gasteiger partial charge in [-0.2, -0.15) is 0 Å². The fourth-order valence-corrected chi connectivity index (χ4v) is 3.37. The van der Waals surface area contributed by atoms with Gasteiger partial charge in [0.1, 0.15) is 5.70 Å². The van der Waals surface area contributed by atoms with Gasteiger partial charge >= 0.3 is 0 Å². The van der Waals surface area contributed by atoms with Gasteiger partial charge in [0.25, 0.3) is 5.91 Å². The Hall–Kier alpha value is -3.12. The summed E-state index contributed by atoms with van der Waals surface area (Å²) >= 11 is 5.60. The molecule has 6 heteroatoms. The first-order chi connectivity index (χ1) is 13.5. The van der Waals surface area contributed by atoms with E-state index in [2.05, 4.69) is 6.58 Å². The van der Waals surface area contributed by atoms with Crippen LogP contribution in [0.4, 0.5) is 5.69 Å². The van der Waals surface area contributed by atoms with Gasteiger partial charge in [-0.05, 0) is 55.0 Å². The van der Waals surface area contributed by atoms with Gasteiger partial charge in [0.15, 0.2) is 16.6 Å². The van der Waals surface area contributed by atoms with E-state index in [1.54, 1.807) is 37.3 Å². The lowest BCUT2D eigenvalue weighted by Gasteiger charge is -2.20. The van der Waals surface area contributed by atoms with Crippen LogP contribution in [0.1, 0.15) is 11.1 Å². The molecule has 1 aliphatic heterocycles. The van der Waals surface area contributed by atoms with E-state index in [4.69, 9.17) is 21.7 Å². The molecule has 0 bridgehead atoms. The molecule has 0 aliphatic carbocycles. The molecule has 0 spiro atoms. The van der Waals surface area contributed by atoms with Crippen molar-refractivity contribution < 1.29 is 14.3 Å². The van der Waals surface area contributed by atoms with Gasteiger partial charge in [0.05, 0.1) is 14.2 Å². The van der Waals surface area contributed by atoms with Crippen LogP contribution in [0.15, 0.2) is 60.8 Å². The Kier molecular flexibility index (Phi) is 5.80. The van der Waals surface area contributed by atoms with Gasteiger partial charge in [-0.1, -0.05) is 29.8 Å². The summed E-state index contributed by atoms with van der Waals surface area (Å²) in [5, 5.41) is 0.431. The summed E-state index contributed by atoms with van der Waals surface area (Å²) in [5.41, 5.74) is 3.25. The highest BCUT2D eigenvalue weighted by molar-refractivity contribution is 7.80. The van der Waals surface area contributed by atoms with Crippen LogP contribution >= 0.6 is 12.2 Å². The van der Waals surface area contributed by atoms with Crippen LogP contribution in [0.3, 0.4) is 0 Å². The van der Waals surface area contributed by atoms with Crippen molar-refractivity contribution in [3.05, 3.63) is 71.9 Å². The molecule has 1 saturated heterocycles. The fourth-order valence-electron chi connectivity index (χ4n) is 3.00. The number of anilines is 1. The number of ether oxygens (including phenoxy) is 2. The third-order valence-electron chi connectivity index (χ3n) is 4.44. The zero-order valence-corrected chi connectivity index (χ0v) is 17.0. The lowest BCUT2D eigenvalue weighted by molar-refractivity contribution is -0.121. The van der Waals surface area contributed by atoms with Crippen LogP contribution in [0.2, 0.25) is 0 Å². The molecule has 0 saturated carbocycles. The lowest BCUT2D eigenvalue weighted by atomic mass is 10.1. The van der Waals surface area contributed by atoms with E-state index in [0.717, 1.165) is 16.8 Å². The SMILES string of the molecule is C=CCN1C(=O)C(=Cc2ccc(OC)c(OC)c2)N(c2ccc(C)cc2)C1=S. The predicted molar refractivity (Wildman–Crippen MR) is 116 cm³/mol. The maximum atomic E-state index is 13.1. The van der Waals surface area contributed by atoms with Crippen molar-refractivity contribution in [2.75, 3.05) is 25.7 Å². The molecule has 0 N–H and O–H groups in total. The minimum absolute atomic E-state index is 0.166. The summed E-state index contributed by atoms with van der Waals surface area (Å²) < 4.78 is 10.7. The molecule has 2 aromatic carbocycles. The smallest absolute Gasteiger partial charge is 0.277 e. The molecule has 28 heavy (non-hydrogen) atoms. The molecule has 5 nitrogen and oxygen atoms in total. The van der Waals surface area contributed by atoms with Gasteiger partial charge in [0, 0.05) is 12.2 Å². The molecule has 1 heterocycles. The van der Waals surface area contributed by atoms with Crippen molar-refractivity contribution in [2.24, 2.45) is 0 Å². The Bertz CT molecular complexity index is 951. The highest BCUT2D eigenvalue weighted by atomic mass is 32.1. The average Bonchev–Trinajstić information content (AvgIpc) is 2.93. The van der Waals surface area contributed by atoms with Gasteiger partial charge < -0.3 is 9.47 Å². The van der Waals surface area contributed by atoms with Crippen molar-refractivity contribution >= 4 is 35.0 Å². The molecular weight excluding hydrogens is 372 g/mol. The number of hydrogen-bond acceptors (Lipinski definition) is 4. The number of amides is 1. The summed E-state index contributed by atoms with van der Waals surface area (Å²) in [6.45, 7) is 6.10. The minimum atomic E-state index is -0.166. The second-order valence-corrected chi connectivity index (χ2v) is 6.67. The van der Waals surface area contributed by atoms with Gasteiger partial charge in [-0.25, -0.2) is 0 Å². The molecule has 0 radical (unpaired) electrons. The maximum absolute atomic E-state index is 13.1. The van der Waals surface area contributed by atoms with E-state index in [1.807, 2.05) is 43.3 Å². The number of aryl methyl sites for hydroxylation is 1. The first-order valence-electron chi connectivity index (χ1n) is 8.77. The Labute approximate surface area is 170 Å². The number of thiocarbonyl (C=S) groups is 1. The van der Waals surface area contributed by atoms with Crippen LogP contribution in [-0.4, -0.2) is 36.7 Å². The number of methoxy groups -OCH3 is 2. The van der Waals surface area contributed by atoms with E-state index >= 15 is 0 Å². The standard InChI is InChI=1S/C22H22N2O3S/c1-5-12-23-21(25)18(13-16-8-11-19(26-3)20(14-16)27-4)24(22(23)28)17-9-6-15(2)7-10-17/h5-11,13-14H,1,12H2,2-4H3. The Morgan fingerprint density at radius 3 is 2.36 bits per heavy atom. The summed E-state index contributed by atoms with van der Waals surface area (Å²) in [7, 11) is 3.16. The molecule has 0 aromatic heterocycles. The van der Waals surface area contributed by atoms with E-state index in [-0.39, 0.29) is 5.91 Å². The number of nitrogens with zero attached hydrogens (tertiary/aromatic N) is 2. The zero-order valence-electron chi connectivity index (χ0n) is 16.1. The molecule has 1 aliphatic rings. The minimum Gasteiger partial charge on any atom is -0.493 e. The third-order valence-corrected chi connectivity index (χ3v) is 4.85. The first-order valence-corrected chi connectivity index (χ1v) is 9.18. The molecule has 1 fully saturated rings. The van der Waals surface area contributed by atoms with Crippen molar-refractivity contribution in [1.29, 1.82) is 0 Å². The van der Waals surface area contributed by atoms with Crippen molar-refractivity contribution in [3.8, 4) is 11.5 Å². The topological polar surface area (TPSA) is 42.0 Å². The molecule has 1 amide bonds. The number of benzene rings is 2. The third kappa shape index (κ3) is 3.64. The molecule has 3 rings (SSSR count). The van der Waals surface area contributed by atoms with Crippen LogP contribution in [0.25, 0.3) is 6.08 Å². The second-order valence-electron chi connectivity index (χ2n) is 6.30. The Morgan fingerprint density at radius 1 is 1.07 bits per heavy atom. The molecule has 0 atom stereocenters. The summed E-state index contributed by atoms with van der Waals surface area (Å²) in [4.78, 5) is 16.4. The lowest BCUT2D eigenvalue weighted by Crippen LogP contribution is -2.32. The van der Waals surface area contributed by atoms with Crippen molar-refractivity contribution in [2.45, 2.75) is 6.92 Å². The normalized spacial score (nSPS) is 15.3. The van der Waals surface area contributed by atoms with Gasteiger partial charge in [0.2, 0.25) is 0 Å². The quantitative estimate of drug-likeness (QED) is 0.418.